The number of rotatable bonds is 2. The molecule has 0 saturated carbocycles. The van der Waals surface area contributed by atoms with E-state index in [2.05, 4.69) is 38.9 Å². The molecule has 0 radical (unpaired) electrons. The Balaban J connectivity index is 2.25. The third-order valence-electron chi connectivity index (χ3n) is 3.25. The Morgan fingerprint density at radius 3 is 2.70 bits per heavy atom. The van der Waals surface area contributed by atoms with Crippen molar-refractivity contribution in [2.24, 2.45) is 0 Å². The molecule has 1 aromatic heterocycles. The number of hydrogen-bond donors (Lipinski definition) is 0. The second-order valence-electron chi connectivity index (χ2n) is 4.51. The van der Waals surface area contributed by atoms with Crippen LogP contribution in [-0.2, 0) is 6.42 Å². The molecule has 0 fully saturated rings. The lowest BCUT2D eigenvalue weighted by atomic mass is 10.0. The molecule has 0 aliphatic carbocycles. The third kappa shape index (κ3) is 2.43. The summed E-state index contributed by atoms with van der Waals surface area (Å²) < 4.78 is 0.970. The summed E-state index contributed by atoms with van der Waals surface area (Å²) in [6.45, 7) is 2.12. The van der Waals surface area contributed by atoms with Crippen LogP contribution >= 0.6 is 27.5 Å². The Bertz CT molecular complexity index is 787. The lowest BCUT2D eigenvalue weighted by Gasteiger charge is -2.08. The molecule has 4 heteroatoms. The van der Waals surface area contributed by atoms with Crippen molar-refractivity contribution in [2.45, 2.75) is 13.3 Å². The summed E-state index contributed by atoms with van der Waals surface area (Å²) in [5, 5.41) is 1.34. The highest BCUT2D eigenvalue weighted by Gasteiger charge is 2.10. The predicted molar refractivity (Wildman–Crippen MR) is 87.1 cm³/mol. The molecule has 100 valence electrons. The van der Waals surface area contributed by atoms with E-state index in [1.807, 2.05) is 36.4 Å². The Kier molecular flexibility index (Phi) is 3.72. The highest BCUT2D eigenvalue weighted by Crippen LogP contribution is 2.28. The fraction of sp³-hybridized carbons (Fsp3) is 0.125. The molecular formula is C16H12BrClN2. The van der Waals surface area contributed by atoms with Crippen LogP contribution in [0.3, 0.4) is 0 Å². The summed E-state index contributed by atoms with van der Waals surface area (Å²) in [6, 6.07) is 14.0. The van der Waals surface area contributed by atoms with E-state index in [4.69, 9.17) is 11.6 Å². The van der Waals surface area contributed by atoms with Crippen LogP contribution in [-0.4, -0.2) is 9.97 Å². The maximum atomic E-state index is 6.31. The molecule has 0 spiro atoms. The number of aryl methyl sites for hydroxylation is 1. The zero-order chi connectivity index (χ0) is 14.1. The second-order valence-corrected chi connectivity index (χ2v) is 5.78. The summed E-state index contributed by atoms with van der Waals surface area (Å²) >= 11 is 9.75. The molecule has 1 heterocycles. The zero-order valence-corrected chi connectivity index (χ0v) is 13.2. The molecule has 3 aromatic rings. The molecule has 0 amide bonds. The Labute approximate surface area is 131 Å². The quantitative estimate of drug-likeness (QED) is 0.590. The summed E-state index contributed by atoms with van der Waals surface area (Å²) in [5.74, 6) is 0.683. The van der Waals surface area contributed by atoms with Crippen LogP contribution in [0.1, 0.15) is 12.5 Å². The normalized spacial score (nSPS) is 10.9. The Morgan fingerprint density at radius 2 is 1.90 bits per heavy atom. The van der Waals surface area contributed by atoms with Crippen LogP contribution in [0.5, 0.6) is 0 Å². The lowest BCUT2D eigenvalue weighted by molar-refractivity contribution is 1.12. The van der Waals surface area contributed by atoms with Crippen molar-refractivity contribution in [3.05, 3.63) is 57.7 Å². The molecular weight excluding hydrogens is 336 g/mol. The molecule has 3 rings (SSSR count). The number of nitrogens with zero attached hydrogens (tertiary/aromatic N) is 2. The largest absolute Gasteiger partial charge is 0.228 e. The summed E-state index contributed by atoms with van der Waals surface area (Å²) in [4.78, 5) is 9.09. The standard InChI is InChI=1S/C16H12BrClN2/c1-2-10-5-3-4-6-12(10)16-19-14-8-7-11(17)9-13(14)15(18)20-16/h3-9H,2H2,1H3. The minimum absolute atomic E-state index is 0.484. The third-order valence-corrected chi connectivity index (χ3v) is 4.03. The van der Waals surface area contributed by atoms with Gasteiger partial charge < -0.3 is 0 Å². The van der Waals surface area contributed by atoms with E-state index >= 15 is 0 Å². The Hall–Kier alpha value is -1.45. The van der Waals surface area contributed by atoms with Gasteiger partial charge in [0.15, 0.2) is 5.82 Å². The van der Waals surface area contributed by atoms with Crippen LogP contribution in [0.4, 0.5) is 0 Å². The first kappa shape index (κ1) is 13.5. The first-order valence-electron chi connectivity index (χ1n) is 6.40. The van der Waals surface area contributed by atoms with Crippen LogP contribution in [0, 0.1) is 0 Å². The van der Waals surface area contributed by atoms with Crippen molar-refractivity contribution in [3.8, 4) is 11.4 Å². The van der Waals surface area contributed by atoms with Gasteiger partial charge in [-0.25, -0.2) is 9.97 Å². The van der Waals surface area contributed by atoms with Gasteiger partial charge in [-0.05, 0) is 30.2 Å². The minimum atomic E-state index is 0.484. The average molecular weight is 348 g/mol. The fourth-order valence-electron chi connectivity index (χ4n) is 2.23. The van der Waals surface area contributed by atoms with Gasteiger partial charge in [-0.2, -0.15) is 0 Å². The van der Waals surface area contributed by atoms with E-state index in [0.717, 1.165) is 27.4 Å². The highest BCUT2D eigenvalue weighted by atomic mass is 79.9. The number of halogens is 2. The molecule has 0 bridgehead atoms. The number of hydrogen-bond acceptors (Lipinski definition) is 2. The molecule has 2 nitrogen and oxygen atoms in total. The van der Waals surface area contributed by atoms with Crippen molar-refractivity contribution in [1.82, 2.24) is 9.97 Å². The SMILES string of the molecule is CCc1ccccc1-c1nc(Cl)c2cc(Br)ccc2n1. The first-order valence-corrected chi connectivity index (χ1v) is 7.57. The zero-order valence-electron chi connectivity index (χ0n) is 10.9. The van der Waals surface area contributed by atoms with Gasteiger partial charge in [0.25, 0.3) is 0 Å². The van der Waals surface area contributed by atoms with Crippen molar-refractivity contribution in [1.29, 1.82) is 0 Å². The maximum Gasteiger partial charge on any atom is 0.161 e. The average Bonchev–Trinajstić information content (AvgIpc) is 2.47. The maximum absolute atomic E-state index is 6.31. The highest BCUT2D eigenvalue weighted by molar-refractivity contribution is 9.10. The van der Waals surface area contributed by atoms with Crippen molar-refractivity contribution in [2.75, 3.05) is 0 Å². The lowest BCUT2D eigenvalue weighted by Crippen LogP contribution is -1.95. The van der Waals surface area contributed by atoms with Gasteiger partial charge in [0.05, 0.1) is 5.52 Å². The van der Waals surface area contributed by atoms with Crippen LogP contribution in [0.25, 0.3) is 22.3 Å². The molecule has 0 aliphatic heterocycles. The molecule has 0 unspecified atom stereocenters. The van der Waals surface area contributed by atoms with Crippen LogP contribution in [0.15, 0.2) is 46.9 Å². The predicted octanol–water partition coefficient (Wildman–Crippen LogP) is 5.28. The van der Waals surface area contributed by atoms with Gasteiger partial charge in [-0.3, -0.25) is 0 Å². The van der Waals surface area contributed by atoms with E-state index in [-0.39, 0.29) is 0 Å². The summed E-state index contributed by atoms with van der Waals surface area (Å²) in [7, 11) is 0. The van der Waals surface area contributed by atoms with Gasteiger partial charge in [0.2, 0.25) is 0 Å². The monoisotopic (exact) mass is 346 g/mol. The first-order chi connectivity index (χ1) is 9.69. The number of aromatic nitrogens is 2. The Morgan fingerprint density at radius 1 is 1.10 bits per heavy atom. The van der Waals surface area contributed by atoms with E-state index in [0.29, 0.717) is 11.0 Å². The minimum Gasteiger partial charge on any atom is -0.228 e. The number of benzene rings is 2. The second kappa shape index (κ2) is 5.51. The molecule has 2 aromatic carbocycles. The topological polar surface area (TPSA) is 25.8 Å². The summed E-state index contributed by atoms with van der Waals surface area (Å²) in [6.07, 6.45) is 0.940. The van der Waals surface area contributed by atoms with Crippen molar-refractivity contribution < 1.29 is 0 Å². The van der Waals surface area contributed by atoms with Gasteiger partial charge in [-0.1, -0.05) is 58.7 Å². The van der Waals surface area contributed by atoms with Crippen molar-refractivity contribution in [3.63, 3.8) is 0 Å². The summed E-state index contributed by atoms with van der Waals surface area (Å²) in [5.41, 5.74) is 3.12. The van der Waals surface area contributed by atoms with E-state index in [1.165, 1.54) is 5.56 Å². The van der Waals surface area contributed by atoms with Gasteiger partial charge >= 0.3 is 0 Å². The van der Waals surface area contributed by atoms with E-state index in [1.54, 1.807) is 0 Å². The molecule has 0 atom stereocenters. The van der Waals surface area contributed by atoms with E-state index in [9.17, 15) is 0 Å². The molecule has 0 N–H and O–H groups in total. The number of fused-ring (bicyclic) bond motifs is 1. The van der Waals surface area contributed by atoms with Gasteiger partial charge in [0.1, 0.15) is 5.15 Å². The van der Waals surface area contributed by atoms with Crippen LogP contribution in [0.2, 0.25) is 5.15 Å². The molecule has 0 aliphatic rings. The van der Waals surface area contributed by atoms with Crippen molar-refractivity contribution >= 4 is 38.4 Å². The van der Waals surface area contributed by atoms with Gasteiger partial charge in [0, 0.05) is 15.4 Å². The molecule has 0 saturated heterocycles. The van der Waals surface area contributed by atoms with E-state index < -0.39 is 0 Å². The van der Waals surface area contributed by atoms with Crippen LogP contribution < -0.4 is 0 Å². The smallest absolute Gasteiger partial charge is 0.161 e. The van der Waals surface area contributed by atoms with Gasteiger partial charge in [-0.15, -0.1) is 0 Å². The molecule has 20 heavy (non-hydrogen) atoms. The fourth-order valence-corrected chi connectivity index (χ4v) is 2.82.